The number of fused-ring (bicyclic) bond motifs is 1. The van der Waals surface area contributed by atoms with Crippen molar-refractivity contribution in [3.63, 3.8) is 0 Å². The van der Waals surface area contributed by atoms with Gasteiger partial charge >= 0.3 is 0 Å². The molecule has 4 heteroatoms. The third-order valence-corrected chi connectivity index (χ3v) is 4.43. The Morgan fingerprint density at radius 3 is 2.95 bits per heavy atom. The Bertz CT molecular complexity index is 640. The van der Waals surface area contributed by atoms with Gasteiger partial charge in [-0.3, -0.25) is 9.89 Å². The van der Waals surface area contributed by atoms with Gasteiger partial charge in [-0.25, -0.2) is 0 Å². The van der Waals surface area contributed by atoms with E-state index in [0.717, 1.165) is 29.8 Å². The minimum Gasteiger partial charge on any atom is -0.352 e. The molecule has 1 heterocycles. The maximum absolute atomic E-state index is 12.2. The second-order valence-electron chi connectivity index (χ2n) is 5.83. The summed E-state index contributed by atoms with van der Waals surface area (Å²) in [6.07, 6.45) is 2.75. The van der Waals surface area contributed by atoms with E-state index in [2.05, 4.69) is 39.8 Å². The zero-order chi connectivity index (χ0) is 14.8. The van der Waals surface area contributed by atoms with Gasteiger partial charge in [-0.15, -0.1) is 0 Å². The van der Waals surface area contributed by atoms with Crippen molar-refractivity contribution in [3.05, 3.63) is 52.3 Å². The normalized spacial score (nSPS) is 16.8. The van der Waals surface area contributed by atoms with Crippen LogP contribution in [0.4, 0.5) is 0 Å². The van der Waals surface area contributed by atoms with Crippen molar-refractivity contribution < 1.29 is 4.79 Å². The number of carbonyl (C=O) groups excluding carboxylic acids is 1. The molecule has 0 saturated carbocycles. The predicted molar refractivity (Wildman–Crippen MR) is 82.0 cm³/mol. The molecule has 1 amide bonds. The van der Waals surface area contributed by atoms with Gasteiger partial charge in [0.1, 0.15) is 0 Å². The molecule has 3 rings (SSSR count). The number of aryl methyl sites for hydroxylation is 3. The van der Waals surface area contributed by atoms with Crippen LogP contribution in [0.25, 0.3) is 0 Å². The van der Waals surface area contributed by atoms with Gasteiger partial charge in [0.25, 0.3) is 0 Å². The molecule has 0 unspecified atom stereocenters. The fourth-order valence-electron chi connectivity index (χ4n) is 3.17. The van der Waals surface area contributed by atoms with Crippen LogP contribution in [0, 0.1) is 13.8 Å². The van der Waals surface area contributed by atoms with Crippen molar-refractivity contribution in [2.45, 2.75) is 45.6 Å². The third-order valence-electron chi connectivity index (χ3n) is 4.43. The maximum Gasteiger partial charge on any atom is 0.220 e. The van der Waals surface area contributed by atoms with Crippen molar-refractivity contribution in [1.29, 1.82) is 0 Å². The molecule has 21 heavy (non-hydrogen) atoms. The van der Waals surface area contributed by atoms with E-state index >= 15 is 0 Å². The third kappa shape index (κ3) is 2.84. The number of amides is 1. The molecular formula is C17H21N3O. The number of hydrogen-bond donors (Lipinski definition) is 2. The molecule has 0 radical (unpaired) electrons. The van der Waals surface area contributed by atoms with Crippen LogP contribution in [0.15, 0.2) is 24.3 Å². The van der Waals surface area contributed by atoms with Gasteiger partial charge in [-0.05, 0) is 43.7 Å². The van der Waals surface area contributed by atoms with Crippen LogP contribution in [-0.2, 0) is 17.8 Å². The highest BCUT2D eigenvalue weighted by atomic mass is 16.1. The first-order valence-electron chi connectivity index (χ1n) is 7.50. The molecule has 0 aliphatic heterocycles. The van der Waals surface area contributed by atoms with Crippen LogP contribution in [0.5, 0.6) is 0 Å². The number of aromatic amines is 1. The van der Waals surface area contributed by atoms with Gasteiger partial charge < -0.3 is 5.32 Å². The van der Waals surface area contributed by atoms with Crippen molar-refractivity contribution in [2.24, 2.45) is 0 Å². The minimum atomic E-state index is 0.122. The van der Waals surface area contributed by atoms with E-state index in [4.69, 9.17) is 0 Å². The highest BCUT2D eigenvalue weighted by Crippen LogP contribution is 2.35. The molecular weight excluding hydrogens is 262 g/mol. The van der Waals surface area contributed by atoms with E-state index in [-0.39, 0.29) is 5.91 Å². The summed E-state index contributed by atoms with van der Waals surface area (Å²) in [5.41, 5.74) is 5.83. The molecule has 0 bridgehead atoms. The van der Waals surface area contributed by atoms with Crippen LogP contribution in [0.1, 0.15) is 46.8 Å². The quantitative estimate of drug-likeness (QED) is 0.906. The molecule has 4 nitrogen and oxygen atoms in total. The number of nitrogens with one attached hydrogen (secondary N) is 2. The summed E-state index contributed by atoms with van der Waals surface area (Å²) in [5, 5.41) is 10.1. The molecule has 1 aliphatic rings. The van der Waals surface area contributed by atoms with Crippen LogP contribution >= 0.6 is 0 Å². The predicted octanol–water partition coefficient (Wildman–Crippen LogP) is 2.76. The molecule has 2 N–H and O–H groups in total. The summed E-state index contributed by atoms with van der Waals surface area (Å²) in [4.78, 5) is 12.2. The molecule has 1 aromatic heterocycles. The Hall–Kier alpha value is -2.10. The second-order valence-corrected chi connectivity index (χ2v) is 5.83. The lowest BCUT2D eigenvalue weighted by molar-refractivity contribution is -0.121. The molecule has 0 fully saturated rings. The first-order valence-corrected chi connectivity index (χ1v) is 7.50. The van der Waals surface area contributed by atoms with Crippen molar-refractivity contribution >= 4 is 5.91 Å². The zero-order valence-corrected chi connectivity index (χ0v) is 12.6. The first-order chi connectivity index (χ1) is 10.1. The van der Waals surface area contributed by atoms with Crippen molar-refractivity contribution in [1.82, 2.24) is 15.5 Å². The van der Waals surface area contributed by atoms with Gasteiger partial charge in [0, 0.05) is 24.2 Å². The van der Waals surface area contributed by atoms with E-state index in [1.165, 1.54) is 11.1 Å². The molecule has 1 atom stereocenters. The molecule has 110 valence electrons. The van der Waals surface area contributed by atoms with Crippen LogP contribution < -0.4 is 5.32 Å². The monoisotopic (exact) mass is 283 g/mol. The molecule has 1 aliphatic carbocycles. The fourth-order valence-corrected chi connectivity index (χ4v) is 3.17. The number of aromatic nitrogens is 2. The Labute approximate surface area is 125 Å². The van der Waals surface area contributed by atoms with Crippen LogP contribution in [0.2, 0.25) is 0 Å². The van der Waals surface area contributed by atoms with Crippen molar-refractivity contribution in [2.75, 3.05) is 0 Å². The maximum atomic E-state index is 12.2. The van der Waals surface area contributed by atoms with E-state index in [1.54, 1.807) is 0 Å². The molecule has 2 aromatic rings. The van der Waals surface area contributed by atoms with Crippen molar-refractivity contribution in [3.8, 4) is 0 Å². The van der Waals surface area contributed by atoms with E-state index in [0.29, 0.717) is 18.9 Å². The minimum absolute atomic E-state index is 0.122. The molecule has 0 saturated heterocycles. The number of H-pyrrole nitrogens is 1. The SMILES string of the molecule is Cc1n[nH]c(C)c1CNC(=O)C[C@@H]1CCc2ccccc21. The number of carbonyl (C=O) groups is 1. The van der Waals surface area contributed by atoms with E-state index < -0.39 is 0 Å². The lowest BCUT2D eigenvalue weighted by Crippen LogP contribution is -2.24. The smallest absolute Gasteiger partial charge is 0.220 e. The lowest BCUT2D eigenvalue weighted by Gasteiger charge is -2.12. The highest BCUT2D eigenvalue weighted by molar-refractivity contribution is 5.77. The molecule has 0 spiro atoms. The fraction of sp³-hybridized carbons (Fsp3) is 0.412. The summed E-state index contributed by atoms with van der Waals surface area (Å²) in [6, 6.07) is 8.47. The highest BCUT2D eigenvalue weighted by Gasteiger charge is 2.24. The summed E-state index contributed by atoms with van der Waals surface area (Å²) in [6.45, 7) is 4.49. The van der Waals surface area contributed by atoms with Gasteiger partial charge in [0.2, 0.25) is 5.91 Å². The Balaban J connectivity index is 1.58. The van der Waals surface area contributed by atoms with Crippen LogP contribution in [-0.4, -0.2) is 16.1 Å². The van der Waals surface area contributed by atoms with E-state index in [1.807, 2.05) is 13.8 Å². The standard InChI is InChI=1S/C17H21N3O/c1-11-16(12(2)20-19-11)10-18-17(21)9-14-8-7-13-5-3-4-6-15(13)14/h3-6,14H,7-10H2,1-2H3,(H,18,21)(H,19,20)/t14-/m0/s1. The van der Waals surface area contributed by atoms with Gasteiger partial charge in [0.05, 0.1) is 5.69 Å². The number of rotatable bonds is 4. The average Bonchev–Trinajstić information content (AvgIpc) is 3.02. The molecule has 1 aromatic carbocycles. The van der Waals surface area contributed by atoms with E-state index in [9.17, 15) is 4.79 Å². The summed E-state index contributed by atoms with van der Waals surface area (Å²) in [7, 11) is 0. The number of nitrogens with zero attached hydrogens (tertiary/aromatic N) is 1. The second kappa shape index (κ2) is 5.72. The zero-order valence-electron chi connectivity index (χ0n) is 12.6. The Morgan fingerprint density at radius 1 is 1.38 bits per heavy atom. The largest absolute Gasteiger partial charge is 0.352 e. The lowest BCUT2D eigenvalue weighted by atomic mass is 9.97. The average molecular weight is 283 g/mol. The summed E-state index contributed by atoms with van der Waals surface area (Å²) in [5.74, 6) is 0.490. The first kappa shape index (κ1) is 13.9. The van der Waals surface area contributed by atoms with Gasteiger partial charge in [-0.1, -0.05) is 24.3 Å². The number of hydrogen-bond acceptors (Lipinski definition) is 2. The topological polar surface area (TPSA) is 57.8 Å². The Kier molecular flexibility index (Phi) is 3.78. The van der Waals surface area contributed by atoms with Gasteiger partial charge in [-0.2, -0.15) is 5.10 Å². The van der Waals surface area contributed by atoms with Crippen LogP contribution in [0.3, 0.4) is 0 Å². The summed E-state index contributed by atoms with van der Waals surface area (Å²) >= 11 is 0. The van der Waals surface area contributed by atoms with Gasteiger partial charge in [0.15, 0.2) is 0 Å². The summed E-state index contributed by atoms with van der Waals surface area (Å²) < 4.78 is 0. The Morgan fingerprint density at radius 2 is 2.19 bits per heavy atom. The number of benzene rings is 1.